The van der Waals surface area contributed by atoms with E-state index >= 15 is 0 Å². The van der Waals surface area contributed by atoms with Crippen LogP contribution in [0.2, 0.25) is 0 Å². The van der Waals surface area contributed by atoms with Crippen LogP contribution in [0.4, 0.5) is 18.9 Å². The smallest absolute Gasteiger partial charge is 0.351 e. The molecule has 0 bridgehead atoms. The molecule has 24 heavy (non-hydrogen) atoms. The SMILES string of the molecule is CN(c1cn(-c2cncnc2)nc1C(F)(F)F)C(O)OC(C)(C)C. The molecular formula is C14H18F3N5O2. The molecule has 0 radical (unpaired) electrons. The normalized spacial score (nSPS) is 13.8. The van der Waals surface area contributed by atoms with E-state index in [4.69, 9.17) is 4.74 Å². The summed E-state index contributed by atoms with van der Waals surface area (Å²) in [7, 11) is 1.29. The summed E-state index contributed by atoms with van der Waals surface area (Å²) in [6.07, 6.45) is -1.23. The number of halogens is 3. The third-order valence-corrected chi connectivity index (χ3v) is 2.95. The van der Waals surface area contributed by atoms with Crippen molar-refractivity contribution >= 4 is 5.69 Å². The van der Waals surface area contributed by atoms with E-state index in [1.54, 1.807) is 20.8 Å². The van der Waals surface area contributed by atoms with E-state index in [1.807, 2.05) is 0 Å². The molecule has 0 saturated heterocycles. The van der Waals surface area contributed by atoms with Gasteiger partial charge in [0.25, 0.3) is 0 Å². The van der Waals surface area contributed by atoms with Crippen LogP contribution in [0.5, 0.6) is 0 Å². The third-order valence-electron chi connectivity index (χ3n) is 2.95. The molecule has 7 nitrogen and oxygen atoms in total. The van der Waals surface area contributed by atoms with Gasteiger partial charge in [0.2, 0.25) is 6.41 Å². The molecule has 2 aromatic rings. The van der Waals surface area contributed by atoms with E-state index < -0.39 is 23.9 Å². The van der Waals surface area contributed by atoms with Crippen LogP contribution in [0.1, 0.15) is 26.5 Å². The van der Waals surface area contributed by atoms with Gasteiger partial charge in [0, 0.05) is 7.05 Å². The van der Waals surface area contributed by atoms with E-state index in [1.165, 1.54) is 25.8 Å². The monoisotopic (exact) mass is 345 g/mol. The number of aromatic nitrogens is 4. The molecule has 0 saturated carbocycles. The first-order valence-corrected chi connectivity index (χ1v) is 7.00. The second-order valence-electron chi connectivity index (χ2n) is 6.07. The highest BCUT2D eigenvalue weighted by molar-refractivity contribution is 5.52. The third kappa shape index (κ3) is 4.20. The number of ether oxygens (including phenoxy) is 1. The largest absolute Gasteiger partial charge is 0.437 e. The summed E-state index contributed by atoms with van der Waals surface area (Å²) in [5.74, 6) is 0. The lowest BCUT2D eigenvalue weighted by molar-refractivity contribution is -0.164. The Labute approximate surface area is 136 Å². The van der Waals surface area contributed by atoms with Crippen molar-refractivity contribution in [3.8, 4) is 5.69 Å². The van der Waals surface area contributed by atoms with E-state index in [-0.39, 0.29) is 11.4 Å². The molecule has 0 fully saturated rings. The lowest BCUT2D eigenvalue weighted by Crippen LogP contribution is -2.40. The second kappa shape index (κ2) is 6.36. The second-order valence-corrected chi connectivity index (χ2v) is 6.07. The quantitative estimate of drug-likeness (QED) is 0.856. The van der Waals surface area contributed by atoms with E-state index in [0.29, 0.717) is 0 Å². The Balaban J connectivity index is 2.43. The molecule has 1 N–H and O–H groups in total. The fraction of sp³-hybridized carbons (Fsp3) is 0.500. The average molecular weight is 345 g/mol. The Kier molecular flexibility index (Phi) is 4.81. The van der Waals surface area contributed by atoms with Crippen molar-refractivity contribution in [2.24, 2.45) is 0 Å². The minimum Gasteiger partial charge on any atom is -0.351 e. The molecule has 2 rings (SSSR count). The van der Waals surface area contributed by atoms with Crippen molar-refractivity contribution in [1.82, 2.24) is 19.7 Å². The highest BCUT2D eigenvalue weighted by Crippen LogP contribution is 2.36. The lowest BCUT2D eigenvalue weighted by Gasteiger charge is -2.31. The number of aliphatic hydroxyl groups is 1. The van der Waals surface area contributed by atoms with Gasteiger partial charge in [-0.3, -0.25) is 0 Å². The molecule has 0 spiro atoms. The Morgan fingerprint density at radius 2 is 1.79 bits per heavy atom. The van der Waals surface area contributed by atoms with Gasteiger partial charge in [-0.05, 0) is 20.8 Å². The van der Waals surface area contributed by atoms with Crippen molar-refractivity contribution in [1.29, 1.82) is 0 Å². The lowest BCUT2D eigenvalue weighted by atomic mass is 10.2. The first kappa shape index (κ1) is 18.1. The van der Waals surface area contributed by atoms with Crippen LogP contribution >= 0.6 is 0 Å². The van der Waals surface area contributed by atoms with Gasteiger partial charge in [0.1, 0.15) is 12.0 Å². The maximum absolute atomic E-state index is 13.3. The summed E-state index contributed by atoms with van der Waals surface area (Å²) in [5.41, 5.74) is -1.96. The number of nitrogens with zero attached hydrogens (tertiary/aromatic N) is 5. The number of hydrogen-bond donors (Lipinski definition) is 1. The molecule has 10 heteroatoms. The summed E-state index contributed by atoms with van der Waals surface area (Å²) >= 11 is 0. The van der Waals surface area contributed by atoms with Gasteiger partial charge in [-0.15, -0.1) is 0 Å². The van der Waals surface area contributed by atoms with Gasteiger partial charge in [-0.1, -0.05) is 0 Å². The van der Waals surface area contributed by atoms with Gasteiger partial charge in [0.15, 0.2) is 5.69 Å². The number of rotatable bonds is 4. The Morgan fingerprint density at radius 1 is 1.21 bits per heavy atom. The highest BCUT2D eigenvalue weighted by atomic mass is 19.4. The molecule has 132 valence electrons. The molecule has 0 aliphatic carbocycles. The fourth-order valence-corrected chi connectivity index (χ4v) is 1.88. The molecule has 2 heterocycles. The first-order valence-electron chi connectivity index (χ1n) is 7.00. The minimum absolute atomic E-state index is 0.258. The molecule has 1 unspecified atom stereocenters. The number of alkyl halides is 3. The predicted octanol–water partition coefficient (Wildman–Crippen LogP) is 2.21. The predicted molar refractivity (Wildman–Crippen MR) is 79.4 cm³/mol. The zero-order chi connectivity index (χ0) is 18.1. The maximum atomic E-state index is 13.3. The van der Waals surface area contributed by atoms with Crippen LogP contribution in [0.15, 0.2) is 24.9 Å². The number of hydrogen-bond acceptors (Lipinski definition) is 6. The van der Waals surface area contributed by atoms with Crippen molar-refractivity contribution in [2.75, 3.05) is 11.9 Å². The molecule has 0 aliphatic heterocycles. The topological polar surface area (TPSA) is 76.3 Å². The molecule has 0 aliphatic rings. The first-order chi connectivity index (χ1) is 11.0. The summed E-state index contributed by atoms with van der Waals surface area (Å²) in [6.45, 7) is 5.04. The maximum Gasteiger partial charge on any atom is 0.437 e. The van der Waals surface area contributed by atoms with Gasteiger partial charge >= 0.3 is 6.18 Å². The summed E-state index contributed by atoms with van der Waals surface area (Å²) < 4.78 is 46.1. The Morgan fingerprint density at radius 3 is 2.29 bits per heavy atom. The van der Waals surface area contributed by atoms with Gasteiger partial charge < -0.3 is 14.7 Å². The van der Waals surface area contributed by atoms with Crippen molar-refractivity contribution in [2.45, 2.75) is 39.0 Å². The molecule has 1 atom stereocenters. The minimum atomic E-state index is -4.70. The standard InChI is InChI=1S/C14H18F3N5O2/c1-13(2,3)24-12(23)21(4)10-7-22(9-5-18-8-19-6-9)20-11(10)14(15,16)17/h5-8,12,23H,1-4H3. The number of aliphatic hydroxyl groups excluding tert-OH is 1. The van der Waals surface area contributed by atoms with Crippen LogP contribution in [0.25, 0.3) is 5.69 Å². The van der Waals surface area contributed by atoms with Crippen molar-refractivity contribution < 1.29 is 23.0 Å². The summed E-state index contributed by atoms with van der Waals surface area (Å²) in [6, 6.07) is 0. The highest BCUT2D eigenvalue weighted by Gasteiger charge is 2.40. The molecule has 2 aromatic heterocycles. The summed E-state index contributed by atoms with van der Waals surface area (Å²) in [4.78, 5) is 8.46. The van der Waals surface area contributed by atoms with E-state index in [9.17, 15) is 18.3 Å². The number of anilines is 1. The van der Waals surface area contributed by atoms with Gasteiger partial charge in [0.05, 0.1) is 29.9 Å². The average Bonchev–Trinajstić information content (AvgIpc) is 2.90. The van der Waals surface area contributed by atoms with E-state index in [0.717, 1.165) is 15.8 Å². The Bertz CT molecular complexity index is 682. The van der Waals surface area contributed by atoms with E-state index in [2.05, 4.69) is 15.1 Å². The molecular weight excluding hydrogens is 327 g/mol. The van der Waals surface area contributed by atoms with Crippen LogP contribution in [0.3, 0.4) is 0 Å². The summed E-state index contributed by atoms with van der Waals surface area (Å²) in [5, 5.41) is 13.6. The zero-order valence-corrected chi connectivity index (χ0v) is 13.6. The van der Waals surface area contributed by atoms with Crippen molar-refractivity contribution in [3.63, 3.8) is 0 Å². The van der Waals surface area contributed by atoms with Crippen LogP contribution in [-0.4, -0.2) is 43.9 Å². The van der Waals surface area contributed by atoms with Crippen LogP contribution in [0, 0.1) is 0 Å². The van der Waals surface area contributed by atoms with Crippen LogP contribution in [-0.2, 0) is 10.9 Å². The fourth-order valence-electron chi connectivity index (χ4n) is 1.88. The van der Waals surface area contributed by atoms with Crippen LogP contribution < -0.4 is 4.90 Å². The van der Waals surface area contributed by atoms with Gasteiger partial charge in [-0.25, -0.2) is 14.6 Å². The molecule has 0 amide bonds. The molecule has 0 aromatic carbocycles. The zero-order valence-electron chi connectivity index (χ0n) is 13.6. The van der Waals surface area contributed by atoms with Gasteiger partial charge in [-0.2, -0.15) is 18.3 Å². The van der Waals surface area contributed by atoms with Crippen molar-refractivity contribution in [3.05, 3.63) is 30.6 Å². The Hall–Kier alpha value is -2.20.